The topological polar surface area (TPSA) is 17.8 Å². The minimum atomic E-state index is -0.856. The molecule has 1 heterocycles. The third-order valence-electron chi connectivity index (χ3n) is 3.23. The minimum absolute atomic E-state index is 0.246. The van der Waals surface area contributed by atoms with Crippen molar-refractivity contribution in [2.24, 2.45) is 0 Å². The Hall–Kier alpha value is -1.46. The summed E-state index contributed by atoms with van der Waals surface area (Å²) in [5, 5.41) is 0. The number of imidazole rings is 1. The molecule has 21 heavy (non-hydrogen) atoms. The van der Waals surface area contributed by atoms with Crippen molar-refractivity contribution in [3.8, 4) is 0 Å². The summed E-state index contributed by atoms with van der Waals surface area (Å²) in [5.41, 5.74) is 2.36. The maximum atomic E-state index is 13.3. The zero-order valence-electron chi connectivity index (χ0n) is 10.8. The molecule has 0 bridgehead atoms. The van der Waals surface area contributed by atoms with Crippen molar-refractivity contribution < 1.29 is 8.78 Å². The summed E-state index contributed by atoms with van der Waals surface area (Å²) < 4.78 is 29.2. The molecule has 0 saturated carbocycles. The first-order valence-electron chi connectivity index (χ1n) is 6.23. The fraction of sp³-hybridized carbons (Fsp3) is 0.133. The van der Waals surface area contributed by atoms with Crippen LogP contribution in [0.15, 0.2) is 40.9 Å². The molecule has 0 unspecified atom stereocenters. The van der Waals surface area contributed by atoms with Crippen LogP contribution in [0.1, 0.15) is 11.4 Å². The summed E-state index contributed by atoms with van der Waals surface area (Å²) in [5.74, 6) is -0.773. The Morgan fingerprint density at radius 3 is 2.62 bits per heavy atom. The van der Waals surface area contributed by atoms with Crippen LogP contribution in [0, 0.1) is 11.6 Å². The van der Waals surface area contributed by atoms with Crippen LogP contribution in [-0.2, 0) is 12.4 Å². The molecule has 3 aromatic rings. The van der Waals surface area contributed by atoms with Crippen molar-refractivity contribution in [3.63, 3.8) is 0 Å². The van der Waals surface area contributed by atoms with Gasteiger partial charge in [-0.3, -0.25) is 0 Å². The zero-order chi connectivity index (χ0) is 15.0. The molecule has 0 aliphatic rings. The second-order valence-electron chi connectivity index (χ2n) is 4.63. The zero-order valence-corrected chi connectivity index (χ0v) is 13.1. The average molecular weight is 372 g/mol. The van der Waals surface area contributed by atoms with Crippen molar-refractivity contribution >= 4 is 38.6 Å². The number of rotatable bonds is 3. The average Bonchev–Trinajstić information content (AvgIpc) is 2.80. The van der Waals surface area contributed by atoms with E-state index < -0.39 is 11.6 Å². The molecule has 0 amide bonds. The van der Waals surface area contributed by atoms with Gasteiger partial charge in [-0.25, -0.2) is 13.8 Å². The fourth-order valence-corrected chi connectivity index (χ4v) is 2.80. The molecule has 0 fully saturated rings. The van der Waals surface area contributed by atoms with Crippen LogP contribution >= 0.6 is 27.5 Å². The van der Waals surface area contributed by atoms with Crippen LogP contribution in [0.2, 0.25) is 0 Å². The highest BCUT2D eigenvalue weighted by Crippen LogP contribution is 2.23. The summed E-state index contributed by atoms with van der Waals surface area (Å²) >= 11 is 9.36. The molecule has 6 heteroatoms. The lowest BCUT2D eigenvalue weighted by Crippen LogP contribution is -2.04. The normalized spacial score (nSPS) is 11.2. The number of fused-ring (bicyclic) bond motifs is 1. The Morgan fingerprint density at radius 1 is 1.10 bits per heavy atom. The molecule has 3 rings (SSSR count). The van der Waals surface area contributed by atoms with E-state index in [1.54, 1.807) is 6.07 Å². The third kappa shape index (κ3) is 2.80. The highest BCUT2D eigenvalue weighted by molar-refractivity contribution is 9.10. The molecule has 0 aliphatic carbocycles. The van der Waals surface area contributed by atoms with Gasteiger partial charge in [0.05, 0.1) is 16.9 Å². The Morgan fingerprint density at radius 2 is 1.90 bits per heavy atom. The minimum Gasteiger partial charge on any atom is -0.322 e. The summed E-state index contributed by atoms with van der Waals surface area (Å²) in [6.45, 7) is 0.381. The van der Waals surface area contributed by atoms with Crippen molar-refractivity contribution in [2.75, 3.05) is 0 Å². The summed E-state index contributed by atoms with van der Waals surface area (Å²) in [6, 6.07) is 9.59. The lowest BCUT2D eigenvalue weighted by Gasteiger charge is -2.08. The third-order valence-corrected chi connectivity index (χ3v) is 3.97. The van der Waals surface area contributed by atoms with Gasteiger partial charge in [0.2, 0.25) is 0 Å². The van der Waals surface area contributed by atoms with Gasteiger partial charge in [-0.1, -0.05) is 22.0 Å². The van der Waals surface area contributed by atoms with Gasteiger partial charge in [-0.15, -0.1) is 11.6 Å². The Labute approximate surface area is 133 Å². The smallest absolute Gasteiger partial charge is 0.159 e. The summed E-state index contributed by atoms with van der Waals surface area (Å²) in [4.78, 5) is 4.45. The van der Waals surface area contributed by atoms with Crippen molar-refractivity contribution in [2.45, 2.75) is 12.4 Å². The molecular weight excluding hydrogens is 362 g/mol. The molecule has 0 saturated heterocycles. The van der Waals surface area contributed by atoms with E-state index in [2.05, 4.69) is 20.9 Å². The predicted octanol–water partition coefficient (Wildman–Crippen LogP) is 4.86. The predicted molar refractivity (Wildman–Crippen MR) is 82.5 cm³/mol. The monoisotopic (exact) mass is 370 g/mol. The number of halogens is 4. The second-order valence-corrected chi connectivity index (χ2v) is 5.81. The van der Waals surface area contributed by atoms with Crippen molar-refractivity contribution in [3.05, 3.63) is 63.9 Å². The Bertz CT molecular complexity index is 817. The van der Waals surface area contributed by atoms with Crippen LogP contribution in [0.5, 0.6) is 0 Å². The molecule has 0 atom stereocenters. The number of nitrogens with zero attached hydrogens (tertiary/aromatic N) is 2. The van der Waals surface area contributed by atoms with Gasteiger partial charge in [0.1, 0.15) is 5.82 Å². The van der Waals surface area contributed by atoms with Gasteiger partial charge in [-0.2, -0.15) is 0 Å². The van der Waals surface area contributed by atoms with E-state index in [0.717, 1.165) is 21.6 Å². The first-order valence-corrected chi connectivity index (χ1v) is 7.56. The van der Waals surface area contributed by atoms with Gasteiger partial charge in [-0.05, 0) is 35.9 Å². The van der Waals surface area contributed by atoms with Gasteiger partial charge in [0, 0.05) is 11.0 Å². The molecule has 0 N–H and O–H groups in total. The SMILES string of the molecule is Fc1ccc(Cn2c(CCl)nc3ccc(Br)cc32)cc1F. The Balaban J connectivity index is 2.09. The van der Waals surface area contributed by atoms with Gasteiger partial charge >= 0.3 is 0 Å². The van der Waals surface area contributed by atoms with Crippen LogP contribution in [0.4, 0.5) is 8.78 Å². The lowest BCUT2D eigenvalue weighted by molar-refractivity contribution is 0.506. The van der Waals surface area contributed by atoms with E-state index >= 15 is 0 Å². The van der Waals surface area contributed by atoms with Crippen LogP contribution in [0.25, 0.3) is 11.0 Å². The second kappa shape index (κ2) is 5.73. The molecule has 1 aromatic heterocycles. The van der Waals surface area contributed by atoms with Gasteiger partial charge < -0.3 is 4.57 Å². The van der Waals surface area contributed by atoms with Crippen LogP contribution in [-0.4, -0.2) is 9.55 Å². The molecule has 0 aliphatic heterocycles. The number of benzene rings is 2. The summed E-state index contributed by atoms with van der Waals surface area (Å²) in [6.07, 6.45) is 0. The molecular formula is C15H10BrClF2N2. The number of aromatic nitrogens is 2. The largest absolute Gasteiger partial charge is 0.322 e. The van der Waals surface area contributed by atoms with Gasteiger partial charge in [0.15, 0.2) is 11.6 Å². The maximum absolute atomic E-state index is 13.3. The highest BCUT2D eigenvalue weighted by Gasteiger charge is 2.12. The fourth-order valence-electron chi connectivity index (χ4n) is 2.24. The summed E-state index contributed by atoms with van der Waals surface area (Å²) in [7, 11) is 0. The Kier molecular flexibility index (Phi) is 3.95. The van der Waals surface area contributed by atoms with E-state index in [1.807, 2.05) is 22.8 Å². The molecule has 0 spiro atoms. The standard InChI is InChI=1S/C15H10BrClF2N2/c16-10-2-4-13-14(6-10)21(15(7-17)20-13)8-9-1-3-11(18)12(19)5-9/h1-6H,7-8H2. The molecule has 0 radical (unpaired) electrons. The molecule has 2 aromatic carbocycles. The number of hydrogen-bond donors (Lipinski definition) is 0. The van der Waals surface area contributed by atoms with E-state index in [-0.39, 0.29) is 5.88 Å². The first kappa shape index (κ1) is 14.5. The quantitative estimate of drug-likeness (QED) is 0.601. The molecule has 108 valence electrons. The van der Waals surface area contributed by atoms with Crippen LogP contribution < -0.4 is 0 Å². The van der Waals surface area contributed by atoms with E-state index in [4.69, 9.17) is 11.6 Å². The van der Waals surface area contributed by atoms with Gasteiger partial charge in [0.25, 0.3) is 0 Å². The van der Waals surface area contributed by atoms with Crippen molar-refractivity contribution in [1.82, 2.24) is 9.55 Å². The molecule has 2 nitrogen and oxygen atoms in total. The van der Waals surface area contributed by atoms with Crippen LogP contribution in [0.3, 0.4) is 0 Å². The first-order chi connectivity index (χ1) is 10.1. The highest BCUT2D eigenvalue weighted by atomic mass is 79.9. The van der Waals surface area contributed by atoms with E-state index in [0.29, 0.717) is 17.9 Å². The number of hydrogen-bond acceptors (Lipinski definition) is 1. The lowest BCUT2D eigenvalue weighted by atomic mass is 10.2. The number of alkyl halides is 1. The maximum Gasteiger partial charge on any atom is 0.159 e. The van der Waals surface area contributed by atoms with Crippen molar-refractivity contribution in [1.29, 1.82) is 0 Å². The van der Waals surface area contributed by atoms with E-state index in [9.17, 15) is 8.78 Å². The van der Waals surface area contributed by atoms with E-state index in [1.165, 1.54) is 6.07 Å².